The molecule has 110 valence electrons. The number of nitrogens with zero attached hydrogens (tertiary/aromatic N) is 4. The minimum absolute atomic E-state index is 0.0342. The molecular formula is C12H12N4O4S. The van der Waals surface area contributed by atoms with Crippen LogP contribution in [-0.4, -0.2) is 45.1 Å². The number of carboxylic acid groups (broad SMARTS) is 1. The number of thioether (sulfide) groups is 1. The summed E-state index contributed by atoms with van der Waals surface area (Å²) in [7, 11) is 0. The van der Waals surface area contributed by atoms with Crippen LogP contribution < -0.4 is 4.90 Å². The summed E-state index contributed by atoms with van der Waals surface area (Å²) in [6.45, 7) is 0.596. The SMILES string of the molecule is N#Cc1nc(N2CCSCC2CC(=O)O)ccc1[N+](=O)[O-]. The van der Waals surface area contributed by atoms with Gasteiger partial charge in [0, 0.05) is 30.2 Å². The Morgan fingerprint density at radius 2 is 2.43 bits per heavy atom. The minimum atomic E-state index is -0.907. The number of pyridine rings is 1. The van der Waals surface area contributed by atoms with Crippen LogP contribution in [0, 0.1) is 21.4 Å². The Kier molecular flexibility index (Phi) is 4.59. The molecule has 2 rings (SSSR count). The third-order valence-corrected chi connectivity index (χ3v) is 4.19. The van der Waals surface area contributed by atoms with E-state index in [1.807, 2.05) is 0 Å². The van der Waals surface area contributed by atoms with Crippen molar-refractivity contribution in [2.75, 3.05) is 23.0 Å². The third kappa shape index (κ3) is 3.41. The maximum absolute atomic E-state index is 10.9. The molecule has 1 fully saturated rings. The number of nitro groups is 1. The second-order valence-electron chi connectivity index (χ2n) is 4.43. The molecule has 0 aromatic carbocycles. The molecule has 2 heterocycles. The van der Waals surface area contributed by atoms with E-state index in [2.05, 4.69) is 4.98 Å². The van der Waals surface area contributed by atoms with Crippen molar-refractivity contribution in [2.24, 2.45) is 0 Å². The van der Waals surface area contributed by atoms with Gasteiger partial charge in [0.25, 0.3) is 0 Å². The molecular weight excluding hydrogens is 296 g/mol. The van der Waals surface area contributed by atoms with Gasteiger partial charge in [-0.15, -0.1) is 0 Å². The maximum atomic E-state index is 10.9. The van der Waals surface area contributed by atoms with Crippen molar-refractivity contribution in [1.82, 2.24) is 4.98 Å². The highest BCUT2D eigenvalue weighted by molar-refractivity contribution is 7.99. The first-order chi connectivity index (χ1) is 10.0. The van der Waals surface area contributed by atoms with Gasteiger partial charge in [-0.05, 0) is 6.07 Å². The number of aromatic nitrogens is 1. The number of aliphatic carboxylic acids is 1. The molecule has 1 unspecified atom stereocenters. The zero-order chi connectivity index (χ0) is 15.4. The first-order valence-electron chi connectivity index (χ1n) is 6.14. The summed E-state index contributed by atoms with van der Waals surface area (Å²) in [5, 5.41) is 28.7. The van der Waals surface area contributed by atoms with E-state index in [1.165, 1.54) is 12.1 Å². The summed E-state index contributed by atoms with van der Waals surface area (Å²) < 4.78 is 0. The van der Waals surface area contributed by atoms with Crippen LogP contribution in [0.4, 0.5) is 11.5 Å². The molecule has 1 N–H and O–H groups in total. The summed E-state index contributed by atoms with van der Waals surface area (Å²) in [5.74, 6) is 0.961. The van der Waals surface area contributed by atoms with E-state index in [0.717, 1.165) is 5.75 Å². The molecule has 1 aliphatic heterocycles. The topological polar surface area (TPSA) is 120 Å². The van der Waals surface area contributed by atoms with E-state index in [9.17, 15) is 14.9 Å². The predicted molar refractivity (Wildman–Crippen MR) is 76.3 cm³/mol. The molecule has 0 radical (unpaired) electrons. The van der Waals surface area contributed by atoms with Crippen molar-refractivity contribution in [2.45, 2.75) is 12.5 Å². The minimum Gasteiger partial charge on any atom is -0.481 e. The highest BCUT2D eigenvalue weighted by atomic mass is 32.2. The van der Waals surface area contributed by atoms with Crippen LogP contribution in [0.25, 0.3) is 0 Å². The van der Waals surface area contributed by atoms with Gasteiger partial charge in [-0.3, -0.25) is 14.9 Å². The zero-order valence-corrected chi connectivity index (χ0v) is 11.7. The van der Waals surface area contributed by atoms with Crippen LogP contribution >= 0.6 is 11.8 Å². The average molecular weight is 308 g/mol. The van der Waals surface area contributed by atoms with Crippen molar-refractivity contribution in [3.05, 3.63) is 27.9 Å². The summed E-state index contributed by atoms with van der Waals surface area (Å²) in [6, 6.07) is 4.18. The lowest BCUT2D eigenvalue weighted by molar-refractivity contribution is -0.385. The van der Waals surface area contributed by atoms with Gasteiger partial charge in [-0.1, -0.05) is 0 Å². The second kappa shape index (κ2) is 6.41. The molecule has 1 aliphatic rings. The Hall–Kier alpha value is -2.34. The molecule has 9 heteroatoms. The molecule has 21 heavy (non-hydrogen) atoms. The van der Waals surface area contributed by atoms with Gasteiger partial charge in [0.15, 0.2) is 0 Å². The molecule has 1 saturated heterocycles. The highest BCUT2D eigenvalue weighted by Crippen LogP contribution is 2.27. The zero-order valence-electron chi connectivity index (χ0n) is 10.9. The largest absolute Gasteiger partial charge is 0.481 e. The lowest BCUT2D eigenvalue weighted by Crippen LogP contribution is -2.44. The van der Waals surface area contributed by atoms with Gasteiger partial charge in [0.05, 0.1) is 11.3 Å². The first-order valence-corrected chi connectivity index (χ1v) is 7.30. The van der Waals surface area contributed by atoms with Crippen molar-refractivity contribution in [3.8, 4) is 6.07 Å². The van der Waals surface area contributed by atoms with Gasteiger partial charge in [0.1, 0.15) is 11.9 Å². The van der Waals surface area contributed by atoms with Crippen molar-refractivity contribution < 1.29 is 14.8 Å². The number of anilines is 1. The first kappa shape index (κ1) is 15.1. The van der Waals surface area contributed by atoms with E-state index in [4.69, 9.17) is 10.4 Å². The molecule has 0 bridgehead atoms. The summed E-state index contributed by atoms with van der Waals surface area (Å²) >= 11 is 1.66. The lowest BCUT2D eigenvalue weighted by Gasteiger charge is -2.35. The van der Waals surface area contributed by atoms with E-state index in [1.54, 1.807) is 22.7 Å². The van der Waals surface area contributed by atoms with Crippen LogP contribution in [0.3, 0.4) is 0 Å². The number of hydrogen-bond acceptors (Lipinski definition) is 7. The van der Waals surface area contributed by atoms with Crippen molar-refractivity contribution in [3.63, 3.8) is 0 Å². The maximum Gasteiger partial charge on any atom is 0.305 e. The van der Waals surface area contributed by atoms with Crippen LogP contribution in [0.15, 0.2) is 12.1 Å². The lowest BCUT2D eigenvalue weighted by atomic mass is 10.2. The van der Waals surface area contributed by atoms with E-state index >= 15 is 0 Å². The number of carbonyl (C=O) groups is 1. The van der Waals surface area contributed by atoms with Crippen molar-refractivity contribution >= 4 is 29.2 Å². The van der Waals surface area contributed by atoms with E-state index in [-0.39, 0.29) is 23.8 Å². The number of rotatable bonds is 4. The Labute approximate surface area is 124 Å². The Morgan fingerprint density at radius 3 is 3.05 bits per heavy atom. The molecule has 0 aliphatic carbocycles. The molecule has 1 atom stereocenters. The normalized spacial score (nSPS) is 18.0. The number of carboxylic acids is 1. The second-order valence-corrected chi connectivity index (χ2v) is 5.58. The average Bonchev–Trinajstić information content (AvgIpc) is 2.46. The Balaban J connectivity index is 2.33. The number of hydrogen-bond donors (Lipinski definition) is 1. The Morgan fingerprint density at radius 1 is 1.67 bits per heavy atom. The van der Waals surface area contributed by atoms with Gasteiger partial charge in [-0.25, -0.2) is 4.98 Å². The third-order valence-electron chi connectivity index (χ3n) is 3.09. The van der Waals surface area contributed by atoms with Crippen LogP contribution in [0.5, 0.6) is 0 Å². The summed E-state index contributed by atoms with van der Waals surface area (Å²) in [5.41, 5.74) is -0.604. The van der Waals surface area contributed by atoms with Crippen LogP contribution in [0.2, 0.25) is 0 Å². The van der Waals surface area contributed by atoms with Gasteiger partial charge < -0.3 is 10.0 Å². The molecule has 0 amide bonds. The van der Waals surface area contributed by atoms with Crippen LogP contribution in [0.1, 0.15) is 12.1 Å². The van der Waals surface area contributed by atoms with Gasteiger partial charge >= 0.3 is 11.7 Å². The molecule has 1 aromatic rings. The summed E-state index contributed by atoms with van der Waals surface area (Å²) in [4.78, 5) is 26.9. The van der Waals surface area contributed by atoms with Crippen LogP contribution in [-0.2, 0) is 4.79 Å². The molecule has 0 spiro atoms. The van der Waals surface area contributed by atoms with Gasteiger partial charge in [0.2, 0.25) is 5.69 Å². The van der Waals surface area contributed by atoms with E-state index in [0.29, 0.717) is 18.1 Å². The monoisotopic (exact) mass is 308 g/mol. The van der Waals surface area contributed by atoms with Crippen molar-refractivity contribution in [1.29, 1.82) is 5.26 Å². The number of nitriles is 1. The van der Waals surface area contributed by atoms with E-state index < -0.39 is 10.9 Å². The fourth-order valence-electron chi connectivity index (χ4n) is 2.16. The standard InChI is InChI=1S/C12H12N4O4S/c13-6-9-10(16(19)20)1-2-11(14-9)15-3-4-21-7-8(15)5-12(17)18/h1-2,8H,3-5,7H2,(H,17,18). The molecule has 0 saturated carbocycles. The smallest absolute Gasteiger partial charge is 0.305 e. The Bertz CT molecular complexity index is 616. The fraction of sp³-hybridized carbons (Fsp3) is 0.417. The molecule has 8 nitrogen and oxygen atoms in total. The predicted octanol–water partition coefficient (Wildman–Crippen LogP) is 1.26. The fourth-order valence-corrected chi connectivity index (χ4v) is 3.22. The highest BCUT2D eigenvalue weighted by Gasteiger charge is 2.27. The quantitative estimate of drug-likeness (QED) is 0.652. The van der Waals surface area contributed by atoms with Gasteiger partial charge in [-0.2, -0.15) is 17.0 Å². The summed E-state index contributed by atoms with van der Waals surface area (Å²) in [6.07, 6.45) is -0.0342. The molecule has 1 aromatic heterocycles.